The van der Waals surface area contributed by atoms with Gasteiger partial charge in [0.25, 0.3) is 0 Å². The number of rotatable bonds is 1. The van der Waals surface area contributed by atoms with E-state index in [0.29, 0.717) is 0 Å². The molecule has 148 valence electrons. The number of pyridine rings is 1. The predicted molar refractivity (Wildman–Crippen MR) is 128 cm³/mol. The van der Waals surface area contributed by atoms with Crippen molar-refractivity contribution >= 4 is 22.9 Å². The molecule has 0 unspecified atom stereocenters. The first kappa shape index (κ1) is 17.9. The van der Waals surface area contributed by atoms with Crippen LogP contribution < -0.4 is 19.7 Å². The first-order chi connectivity index (χ1) is 14.6. The van der Waals surface area contributed by atoms with Gasteiger partial charge in [0.1, 0.15) is 0 Å². The van der Waals surface area contributed by atoms with Crippen LogP contribution in [0, 0.1) is 0 Å². The van der Waals surface area contributed by atoms with Crippen LogP contribution in [-0.2, 0) is 0 Å². The van der Waals surface area contributed by atoms with Gasteiger partial charge in [-0.1, -0.05) is 0 Å². The van der Waals surface area contributed by atoms with E-state index in [9.17, 15) is 0 Å². The van der Waals surface area contributed by atoms with Crippen molar-refractivity contribution in [2.45, 2.75) is 13.3 Å². The Morgan fingerprint density at radius 3 is 2.47 bits per heavy atom. The minimum absolute atomic E-state index is 0.973. The third kappa shape index (κ3) is 1.91. The van der Waals surface area contributed by atoms with Crippen molar-refractivity contribution in [3.05, 3.63) is 96.7 Å². The second kappa shape index (κ2) is 5.80. The van der Waals surface area contributed by atoms with Crippen molar-refractivity contribution < 1.29 is 9.07 Å². The van der Waals surface area contributed by atoms with Gasteiger partial charge in [-0.15, -0.1) is 0 Å². The number of allylic oxidation sites excluding steroid dienone is 5. The van der Waals surface area contributed by atoms with Crippen LogP contribution in [0.2, 0.25) is 0 Å². The average molecular weight is 410 g/mol. The van der Waals surface area contributed by atoms with Gasteiger partial charge in [0, 0.05) is 0 Å². The summed E-state index contributed by atoms with van der Waals surface area (Å²) in [6.45, 7) is 6.34. The predicted octanol–water partition coefficient (Wildman–Crippen LogP) is 5.58. The molecule has 4 heterocycles. The molecule has 2 nitrogen and oxygen atoms in total. The third-order valence-electron chi connectivity index (χ3n) is 7.19. The van der Waals surface area contributed by atoms with E-state index in [4.69, 9.17) is 4.74 Å². The topological polar surface area (TPSA) is 13.1 Å². The van der Waals surface area contributed by atoms with Crippen LogP contribution in [0.1, 0.15) is 18.9 Å². The van der Waals surface area contributed by atoms with Gasteiger partial charge in [-0.2, -0.15) is 0 Å². The molecule has 0 N–H and O–H groups in total. The van der Waals surface area contributed by atoms with Gasteiger partial charge in [-0.05, 0) is 0 Å². The van der Waals surface area contributed by atoms with E-state index in [1.807, 2.05) is 0 Å². The first-order valence-electron chi connectivity index (χ1n) is 10.6. The molecule has 0 aliphatic carbocycles. The number of hydrogen-bond donors (Lipinski definition) is 0. The number of benzene rings is 2. The Balaban J connectivity index is 1.85. The van der Waals surface area contributed by atoms with Crippen molar-refractivity contribution in [1.82, 2.24) is 0 Å². The van der Waals surface area contributed by atoms with Crippen LogP contribution in [0.15, 0.2) is 91.2 Å². The van der Waals surface area contributed by atoms with Gasteiger partial charge in [-0.3, -0.25) is 0 Å². The van der Waals surface area contributed by atoms with E-state index in [2.05, 4.69) is 104 Å². The Bertz CT molecular complexity index is 1330. The Labute approximate surface area is 177 Å². The fourth-order valence-electron chi connectivity index (χ4n) is 5.89. The molecule has 0 fully saturated rings. The summed E-state index contributed by atoms with van der Waals surface area (Å²) in [6.07, 6.45) is 10.8. The van der Waals surface area contributed by atoms with Gasteiger partial charge in [0.05, 0.1) is 0 Å². The van der Waals surface area contributed by atoms with E-state index >= 15 is 0 Å². The molecule has 3 heteroatoms. The summed E-state index contributed by atoms with van der Waals surface area (Å²) >= 11 is 0. The monoisotopic (exact) mass is 410 g/mol. The molecule has 0 atom stereocenters. The van der Waals surface area contributed by atoms with Gasteiger partial charge >= 0.3 is 178 Å². The summed E-state index contributed by atoms with van der Waals surface area (Å²) < 4.78 is 9.22. The molecular weight excluding hydrogens is 385 g/mol. The van der Waals surface area contributed by atoms with E-state index in [-0.39, 0.29) is 0 Å². The Morgan fingerprint density at radius 1 is 0.967 bits per heavy atom. The van der Waals surface area contributed by atoms with Crippen LogP contribution in [0.4, 0.5) is 0 Å². The minimum atomic E-state index is -2.78. The first-order valence-corrected chi connectivity index (χ1v) is 13.4. The van der Waals surface area contributed by atoms with E-state index in [1.165, 1.54) is 38.6 Å². The summed E-state index contributed by atoms with van der Waals surface area (Å²) in [5, 5.41) is 2.79. The third-order valence-corrected chi connectivity index (χ3v) is 13.3. The van der Waals surface area contributed by atoms with Crippen molar-refractivity contribution in [3.8, 4) is 22.8 Å². The van der Waals surface area contributed by atoms with Crippen molar-refractivity contribution in [2.75, 3.05) is 12.8 Å². The molecule has 0 bridgehead atoms. The van der Waals surface area contributed by atoms with Gasteiger partial charge in [0.2, 0.25) is 0 Å². The maximum atomic E-state index is 6.59. The van der Waals surface area contributed by atoms with Gasteiger partial charge in [-0.25, -0.2) is 0 Å². The van der Waals surface area contributed by atoms with Gasteiger partial charge < -0.3 is 0 Å². The number of hydrogen-bond acceptors (Lipinski definition) is 1. The molecule has 3 aliphatic rings. The quantitative estimate of drug-likeness (QED) is 0.478. The molecule has 0 saturated carbocycles. The molecule has 3 aromatic rings. The zero-order valence-corrected chi connectivity index (χ0v) is 18.3. The van der Waals surface area contributed by atoms with Gasteiger partial charge in [0.15, 0.2) is 0 Å². The van der Waals surface area contributed by atoms with Crippen LogP contribution >= 0.6 is 6.75 Å². The summed E-state index contributed by atoms with van der Waals surface area (Å²) in [7, 11) is 0. The van der Waals surface area contributed by atoms with Crippen molar-refractivity contribution in [2.24, 2.45) is 0 Å². The molecule has 0 amide bonds. The summed E-state index contributed by atoms with van der Waals surface area (Å²) in [5.41, 5.74) is 6.34. The average Bonchev–Trinajstić information content (AvgIpc) is 2.95. The van der Waals surface area contributed by atoms with Crippen LogP contribution in [0.3, 0.4) is 0 Å². The molecule has 0 saturated heterocycles. The molecule has 6 rings (SSSR count). The summed E-state index contributed by atoms with van der Waals surface area (Å²) in [5.74, 6) is 2.02. The maximum absolute atomic E-state index is 6.59. The van der Waals surface area contributed by atoms with Crippen LogP contribution in [0.25, 0.3) is 16.8 Å². The molecule has 1 aromatic heterocycles. The number of nitrogens with zero attached hydrogens (tertiary/aromatic N) is 1. The SMILES string of the molecule is C=C1CCP23(C)c4c(cccc4/C1=C/C=C\C)Oc1cccc(c12)-c1cccc[n+]13. The number of aromatic nitrogens is 1. The van der Waals surface area contributed by atoms with E-state index < -0.39 is 6.75 Å². The zero-order chi connectivity index (χ0) is 20.5. The normalized spacial score (nSPS) is 21.7. The summed E-state index contributed by atoms with van der Waals surface area (Å²) in [4.78, 5) is 0. The number of fused-ring (bicyclic) bond motifs is 2. The molecule has 0 radical (unpaired) electrons. The second-order valence-electron chi connectivity index (χ2n) is 8.75. The summed E-state index contributed by atoms with van der Waals surface area (Å²) in [6, 6.07) is 19.7. The van der Waals surface area contributed by atoms with Crippen LogP contribution in [-0.4, -0.2) is 12.8 Å². The molecule has 30 heavy (non-hydrogen) atoms. The molecule has 2 aromatic carbocycles. The van der Waals surface area contributed by atoms with E-state index in [0.717, 1.165) is 24.1 Å². The molecular formula is C27H25NOP+. The van der Waals surface area contributed by atoms with Crippen molar-refractivity contribution in [3.63, 3.8) is 0 Å². The standard InChI is InChI=1S/C27H25NOP/c1-4-5-10-20-19(2)16-18-30(3)26-21(20)11-8-14-24(26)29-25-15-9-12-22(27(25)30)23-13-6-7-17-28(23)30/h4-15,17H,2,16,18H2,1,3H3/q+1/b5-4-,20-10+. The fraction of sp³-hybridized carbons (Fsp3) is 0.148. The number of ether oxygens (including phenoxy) is 1. The molecule has 1 spiro atoms. The molecule has 3 aliphatic heterocycles. The fourth-order valence-corrected chi connectivity index (χ4v) is 12.3. The zero-order valence-electron chi connectivity index (χ0n) is 17.4. The van der Waals surface area contributed by atoms with E-state index in [1.54, 1.807) is 0 Å². The Morgan fingerprint density at radius 2 is 1.70 bits per heavy atom. The Kier molecular flexibility index (Phi) is 3.46. The second-order valence-corrected chi connectivity index (χ2v) is 14.0. The van der Waals surface area contributed by atoms with Crippen LogP contribution in [0.5, 0.6) is 11.5 Å². The van der Waals surface area contributed by atoms with Crippen molar-refractivity contribution in [1.29, 1.82) is 0 Å². The Hall–Kier alpha value is -2.96.